The second-order valence-electron chi connectivity index (χ2n) is 5.25. The Morgan fingerprint density at radius 2 is 1.94 bits per heavy atom. The third-order valence-electron chi connectivity index (χ3n) is 4.14. The topological polar surface area (TPSA) is 50.4 Å². The molecule has 3 aliphatic heterocycles. The average Bonchev–Trinajstić information content (AvgIpc) is 2.92. The normalized spacial score (nSPS) is 36.6. The minimum Gasteiger partial charge on any atom is -0.373 e. The largest absolute Gasteiger partial charge is 0.373 e. The van der Waals surface area contributed by atoms with Crippen molar-refractivity contribution in [3.8, 4) is 0 Å². The van der Waals surface area contributed by atoms with Crippen LogP contribution in [0.2, 0.25) is 0 Å². The molecule has 2 N–H and O–H groups in total. The van der Waals surface area contributed by atoms with E-state index in [9.17, 15) is 4.79 Å². The van der Waals surface area contributed by atoms with Crippen LogP contribution in [-0.2, 0) is 9.53 Å². The Morgan fingerprint density at radius 3 is 2.53 bits per heavy atom. The fraction of sp³-hybridized carbons (Fsp3) is 0.917. The van der Waals surface area contributed by atoms with E-state index in [1.807, 2.05) is 0 Å². The van der Waals surface area contributed by atoms with Gasteiger partial charge in [0.15, 0.2) is 0 Å². The Hall–Kier alpha value is -0.320. The molecule has 17 heavy (non-hydrogen) atoms. The van der Waals surface area contributed by atoms with Crippen molar-refractivity contribution in [3.63, 3.8) is 0 Å². The number of amides is 1. The molecule has 0 aromatic heterocycles. The zero-order chi connectivity index (χ0) is 11.0. The van der Waals surface area contributed by atoms with Crippen LogP contribution in [-0.4, -0.2) is 37.2 Å². The molecule has 3 saturated heterocycles. The molecule has 2 bridgehead atoms. The highest BCUT2D eigenvalue weighted by atomic mass is 35.5. The predicted octanol–water partition coefficient (Wildman–Crippen LogP) is 0.844. The third-order valence-corrected chi connectivity index (χ3v) is 4.14. The highest BCUT2D eigenvalue weighted by Crippen LogP contribution is 2.34. The van der Waals surface area contributed by atoms with Gasteiger partial charge in [-0.1, -0.05) is 0 Å². The summed E-state index contributed by atoms with van der Waals surface area (Å²) in [5.41, 5.74) is 0. The predicted molar refractivity (Wildman–Crippen MR) is 67.3 cm³/mol. The van der Waals surface area contributed by atoms with Gasteiger partial charge in [-0.15, -0.1) is 12.4 Å². The van der Waals surface area contributed by atoms with Crippen molar-refractivity contribution < 1.29 is 9.53 Å². The summed E-state index contributed by atoms with van der Waals surface area (Å²) < 4.78 is 5.75. The summed E-state index contributed by atoms with van der Waals surface area (Å²) >= 11 is 0. The van der Waals surface area contributed by atoms with Crippen molar-refractivity contribution in [2.75, 3.05) is 13.1 Å². The van der Waals surface area contributed by atoms with E-state index in [2.05, 4.69) is 10.6 Å². The maximum atomic E-state index is 12.0. The van der Waals surface area contributed by atoms with Crippen molar-refractivity contribution in [2.24, 2.45) is 5.92 Å². The number of halogens is 1. The van der Waals surface area contributed by atoms with Crippen molar-refractivity contribution in [1.82, 2.24) is 10.6 Å². The summed E-state index contributed by atoms with van der Waals surface area (Å²) in [6, 6.07) is 0.293. The quantitative estimate of drug-likeness (QED) is 0.774. The van der Waals surface area contributed by atoms with Crippen LogP contribution in [0.3, 0.4) is 0 Å². The summed E-state index contributed by atoms with van der Waals surface area (Å²) in [6.07, 6.45) is 6.02. The highest BCUT2D eigenvalue weighted by Gasteiger charge is 2.41. The van der Waals surface area contributed by atoms with E-state index in [1.165, 1.54) is 6.42 Å². The molecule has 1 amide bonds. The van der Waals surface area contributed by atoms with Crippen LogP contribution in [0.4, 0.5) is 0 Å². The summed E-state index contributed by atoms with van der Waals surface area (Å²) in [7, 11) is 0. The maximum Gasteiger partial charge on any atom is 0.223 e. The van der Waals surface area contributed by atoms with Gasteiger partial charge >= 0.3 is 0 Å². The molecular formula is C12H21ClN2O2. The number of carbonyl (C=O) groups excluding carboxylic acids is 1. The summed E-state index contributed by atoms with van der Waals surface area (Å²) in [5.74, 6) is 0.475. The average molecular weight is 261 g/mol. The van der Waals surface area contributed by atoms with Crippen LogP contribution in [0.1, 0.15) is 32.1 Å². The van der Waals surface area contributed by atoms with Gasteiger partial charge in [-0.25, -0.2) is 0 Å². The number of fused-ring (bicyclic) bond motifs is 2. The standard InChI is InChI=1S/C12H20N2O2.ClH/c15-12(8-3-5-13-6-4-8)14-10-7-9-1-2-11(10)16-9;/h8-11,13H,1-7H2,(H,14,15);1H. The SMILES string of the molecule is Cl.O=C(NC1CC2CCC1O2)C1CCNCC1. The first-order valence-electron chi connectivity index (χ1n) is 6.49. The minimum absolute atomic E-state index is 0. The van der Waals surface area contributed by atoms with E-state index < -0.39 is 0 Å². The van der Waals surface area contributed by atoms with Crippen LogP contribution in [0.25, 0.3) is 0 Å². The molecule has 0 aromatic carbocycles. The fourth-order valence-electron chi connectivity index (χ4n) is 3.17. The second kappa shape index (κ2) is 5.55. The lowest BCUT2D eigenvalue weighted by molar-refractivity contribution is -0.126. The molecule has 3 aliphatic rings. The summed E-state index contributed by atoms with van der Waals surface area (Å²) in [4.78, 5) is 12.0. The first kappa shape index (κ1) is 13.1. The number of hydrogen-bond donors (Lipinski definition) is 2. The van der Waals surface area contributed by atoms with Gasteiger partial charge in [0.05, 0.1) is 18.2 Å². The molecule has 0 aliphatic carbocycles. The number of piperidine rings is 1. The summed E-state index contributed by atoms with van der Waals surface area (Å²) in [6.45, 7) is 1.95. The van der Waals surface area contributed by atoms with Crippen LogP contribution >= 0.6 is 12.4 Å². The van der Waals surface area contributed by atoms with Gasteiger partial charge in [-0.2, -0.15) is 0 Å². The Morgan fingerprint density at radius 1 is 1.18 bits per heavy atom. The molecule has 0 aromatic rings. The Labute approximate surface area is 108 Å². The van der Waals surface area contributed by atoms with E-state index in [0.717, 1.165) is 38.8 Å². The van der Waals surface area contributed by atoms with E-state index in [0.29, 0.717) is 18.2 Å². The van der Waals surface area contributed by atoms with Crippen LogP contribution in [0.15, 0.2) is 0 Å². The van der Waals surface area contributed by atoms with Gasteiger partial charge in [0.1, 0.15) is 0 Å². The zero-order valence-electron chi connectivity index (χ0n) is 9.98. The first-order chi connectivity index (χ1) is 7.83. The number of rotatable bonds is 2. The third kappa shape index (κ3) is 2.75. The Bertz CT molecular complexity index is 282. The Kier molecular flexibility index (Phi) is 4.28. The summed E-state index contributed by atoms with van der Waals surface area (Å²) in [5, 5.41) is 6.47. The lowest BCUT2D eigenvalue weighted by Crippen LogP contribution is -2.46. The molecule has 98 valence electrons. The van der Waals surface area contributed by atoms with Crippen LogP contribution in [0.5, 0.6) is 0 Å². The molecule has 0 radical (unpaired) electrons. The van der Waals surface area contributed by atoms with Crippen molar-refractivity contribution in [3.05, 3.63) is 0 Å². The van der Waals surface area contributed by atoms with E-state index in [-0.39, 0.29) is 24.2 Å². The number of hydrogen-bond acceptors (Lipinski definition) is 3. The van der Waals surface area contributed by atoms with Gasteiger partial charge in [0.2, 0.25) is 5.91 Å². The van der Waals surface area contributed by atoms with Crippen LogP contribution < -0.4 is 10.6 Å². The lowest BCUT2D eigenvalue weighted by atomic mass is 9.93. The van der Waals surface area contributed by atoms with E-state index in [1.54, 1.807) is 0 Å². The van der Waals surface area contributed by atoms with Gasteiger partial charge in [-0.3, -0.25) is 4.79 Å². The number of ether oxygens (including phenoxy) is 1. The van der Waals surface area contributed by atoms with Crippen molar-refractivity contribution in [1.29, 1.82) is 0 Å². The highest BCUT2D eigenvalue weighted by molar-refractivity contribution is 5.85. The molecule has 3 atom stereocenters. The van der Waals surface area contributed by atoms with Gasteiger partial charge in [0.25, 0.3) is 0 Å². The van der Waals surface area contributed by atoms with Gasteiger partial charge in [-0.05, 0) is 45.2 Å². The fourth-order valence-corrected chi connectivity index (χ4v) is 3.17. The smallest absolute Gasteiger partial charge is 0.223 e. The molecular weight excluding hydrogens is 240 g/mol. The minimum atomic E-state index is 0. The number of nitrogens with one attached hydrogen (secondary N) is 2. The molecule has 0 spiro atoms. The molecule has 3 heterocycles. The maximum absolute atomic E-state index is 12.0. The van der Waals surface area contributed by atoms with E-state index in [4.69, 9.17) is 4.74 Å². The molecule has 4 nitrogen and oxygen atoms in total. The first-order valence-corrected chi connectivity index (χ1v) is 6.49. The molecule has 0 saturated carbocycles. The molecule has 3 fully saturated rings. The van der Waals surface area contributed by atoms with Crippen molar-refractivity contribution >= 4 is 18.3 Å². The molecule has 3 unspecified atom stereocenters. The molecule has 5 heteroatoms. The molecule has 3 rings (SSSR count). The van der Waals surface area contributed by atoms with Crippen molar-refractivity contribution in [2.45, 2.75) is 50.4 Å². The lowest BCUT2D eigenvalue weighted by Gasteiger charge is -2.26. The Balaban J connectivity index is 0.00000108. The van der Waals surface area contributed by atoms with Crippen LogP contribution in [0, 0.1) is 5.92 Å². The van der Waals surface area contributed by atoms with Gasteiger partial charge in [0, 0.05) is 5.92 Å². The van der Waals surface area contributed by atoms with Gasteiger partial charge < -0.3 is 15.4 Å². The number of carbonyl (C=O) groups is 1. The van der Waals surface area contributed by atoms with E-state index >= 15 is 0 Å². The monoisotopic (exact) mass is 260 g/mol. The zero-order valence-corrected chi connectivity index (χ0v) is 10.8. The second-order valence-corrected chi connectivity index (χ2v) is 5.25.